The molecule has 3 aliphatic rings. The molecule has 0 aromatic heterocycles. The Balaban J connectivity index is 1.52. The highest BCUT2D eigenvalue weighted by Crippen LogP contribution is 2.44. The minimum atomic E-state index is 0.213. The Kier molecular flexibility index (Phi) is 4.38. The van der Waals surface area contributed by atoms with Crippen LogP contribution in [0, 0.1) is 24.7 Å². The summed E-state index contributed by atoms with van der Waals surface area (Å²) in [5, 5.41) is 0. The summed E-state index contributed by atoms with van der Waals surface area (Å²) in [5.41, 5.74) is 9.07. The van der Waals surface area contributed by atoms with Crippen LogP contribution in [-0.4, -0.2) is 23.4 Å². The second-order valence-corrected chi connectivity index (χ2v) is 8.24. The Labute approximate surface area is 145 Å². The highest BCUT2D eigenvalue weighted by molar-refractivity contribution is 5.80. The largest absolute Gasteiger partial charge is 0.335 e. The molecule has 130 valence electrons. The van der Waals surface area contributed by atoms with Gasteiger partial charge >= 0.3 is 0 Å². The Hall–Kier alpha value is -1.35. The summed E-state index contributed by atoms with van der Waals surface area (Å²) in [7, 11) is 0. The van der Waals surface area contributed by atoms with Crippen molar-refractivity contribution in [3.63, 3.8) is 0 Å². The van der Waals surface area contributed by atoms with Gasteiger partial charge in [-0.3, -0.25) is 4.79 Å². The summed E-state index contributed by atoms with van der Waals surface area (Å²) < 4.78 is 0. The minimum Gasteiger partial charge on any atom is -0.335 e. The first kappa shape index (κ1) is 16.1. The predicted molar refractivity (Wildman–Crippen MR) is 96.4 cm³/mol. The lowest BCUT2D eigenvalue weighted by Gasteiger charge is -2.44. The van der Waals surface area contributed by atoms with Gasteiger partial charge in [-0.25, -0.2) is 0 Å². The van der Waals surface area contributed by atoms with Gasteiger partial charge in [0.1, 0.15) is 0 Å². The molecule has 3 nitrogen and oxygen atoms in total. The molecule has 3 heteroatoms. The van der Waals surface area contributed by atoms with Crippen LogP contribution in [0.15, 0.2) is 24.3 Å². The molecule has 2 aliphatic carbocycles. The van der Waals surface area contributed by atoms with E-state index >= 15 is 0 Å². The summed E-state index contributed by atoms with van der Waals surface area (Å²) in [4.78, 5) is 15.5. The Morgan fingerprint density at radius 2 is 1.79 bits per heavy atom. The van der Waals surface area contributed by atoms with Crippen LogP contribution < -0.4 is 5.73 Å². The first-order valence-electron chi connectivity index (χ1n) is 9.76. The Morgan fingerprint density at radius 3 is 2.50 bits per heavy atom. The monoisotopic (exact) mass is 326 g/mol. The predicted octanol–water partition coefficient (Wildman–Crippen LogP) is 3.81. The standard InChI is InChI=1S/C21H30N2O/c1-14-6-2-3-9-18(14)19-10-5-11-23(19)21(24)17-12-15-7-4-8-16(13-17)20(15)22/h2-3,6,9,15-17,19-20H,4-5,7-8,10-13,22H2,1H3. The quantitative estimate of drug-likeness (QED) is 0.898. The third-order valence-corrected chi connectivity index (χ3v) is 6.85. The van der Waals surface area contributed by atoms with E-state index in [1.165, 1.54) is 30.4 Å². The van der Waals surface area contributed by atoms with E-state index in [1.54, 1.807) is 0 Å². The summed E-state index contributed by atoms with van der Waals surface area (Å²) >= 11 is 0. The molecule has 1 aromatic rings. The van der Waals surface area contributed by atoms with Gasteiger partial charge in [-0.15, -0.1) is 0 Å². The molecule has 3 unspecified atom stereocenters. The van der Waals surface area contributed by atoms with Gasteiger partial charge in [0.05, 0.1) is 6.04 Å². The molecular weight excluding hydrogens is 296 g/mol. The van der Waals surface area contributed by atoms with Crippen molar-refractivity contribution in [2.75, 3.05) is 6.54 Å². The minimum absolute atomic E-state index is 0.213. The number of aryl methyl sites for hydroxylation is 1. The third-order valence-electron chi connectivity index (χ3n) is 6.85. The number of rotatable bonds is 2. The normalized spacial score (nSPS) is 35.9. The molecule has 2 N–H and O–H groups in total. The molecule has 3 fully saturated rings. The van der Waals surface area contributed by atoms with Crippen LogP contribution >= 0.6 is 0 Å². The number of amides is 1. The van der Waals surface area contributed by atoms with Crippen molar-refractivity contribution >= 4 is 5.91 Å². The van der Waals surface area contributed by atoms with Crippen LogP contribution in [0.4, 0.5) is 0 Å². The van der Waals surface area contributed by atoms with E-state index in [2.05, 4.69) is 36.1 Å². The molecular formula is C21H30N2O. The van der Waals surface area contributed by atoms with Crippen LogP contribution in [0.5, 0.6) is 0 Å². The lowest BCUT2D eigenvalue weighted by molar-refractivity contribution is -0.139. The smallest absolute Gasteiger partial charge is 0.226 e. The number of nitrogens with zero attached hydrogens (tertiary/aromatic N) is 1. The SMILES string of the molecule is Cc1ccccc1C1CCCN1C(=O)C1CC2CCCC(C1)C2N. The van der Waals surface area contributed by atoms with Gasteiger partial charge < -0.3 is 10.6 Å². The highest BCUT2D eigenvalue weighted by atomic mass is 16.2. The van der Waals surface area contributed by atoms with Crippen LogP contribution in [-0.2, 0) is 4.79 Å². The average molecular weight is 326 g/mol. The zero-order valence-electron chi connectivity index (χ0n) is 14.8. The van der Waals surface area contributed by atoms with Crippen molar-refractivity contribution in [2.24, 2.45) is 23.5 Å². The van der Waals surface area contributed by atoms with E-state index in [0.29, 0.717) is 23.8 Å². The number of benzene rings is 1. The summed E-state index contributed by atoms with van der Waals surface area (Å²) in [5.74, 6) is 1.77. The van der Waals surface area contributed by atoms with E-state index < -0.39 is 0 Å². The zero-order valence-corrected chi connectivity index (χ0v) is 14.8. The second-order valence-electron chi connectivity index (χ2n) is 8.24. The Bertz CT molecular complexity index is 600. The molecule has 24 heavy (non-hydrogen) atoms. The molecule has 4 rings (SSSR count). The first-order valence-corrected chi connectivity index (χ1v) is 9.76. The molecule has 1 heterocycles. The van der Waals surface area contributed by atoms with Gasteiger partial charge in [0, 0.05) is 18.5 Å². The van der Waals surface area contributed by atoms with Gasteiger partial charge in [-0.05, 0) is 68.4 Å². The van der Waals surface area contributed by atoms with Crippen molar-refractivity contribution in [1.82, 2.24) is 4.90 Å². The van der Waals surface area contributed by atoms with Crippen LogP contribution in [0.1, 0.15) is 62.1 Å². The van der Waals surface area contributed by atoms with Crippen LogP contribution in [0.25, 0.3) is 0 Å². The molecule has 3 atom stereocenters. The fourth-order valence-electron chi connectivity index (χ4n) is 5.54. The molecule has 2 saturated carbocycles. The number of likely N-dealkylation sites (tertiary alicyclic amines) is 1. The fraction of sp³-hybridized carbons (Fsp3) is 0.667. The van der Waals surface area contributed by atoms with E-state index in [9.17, 15) is 4.79 Å². The number of hydrogen-bond acceptors (Lipinski definition) is 2. The van der Waals surface area contributed by atoms with Crippen molar-refractivity contribution in [2.45, 2.75) is 64.0 Å². The molecule has 1 aromatic carbocycles. The topological polar surface area (TPSA) is 46.3 Å². The molecule has 2 bridgehead atoms. The van der Waals surface area contributed by atoms with Gasteiger partial charge in [0.25, 0.3) is 0 Å². The van der Waals surface area contributed by atoms with E-state index in [4.69, 9.17) is 5.73 Å². The van der Waals surface area contributed by atoms with E-state index in [1.807, 2.05) is 0 Å². The van der Waals surface area contributed by atoms with E-state index in [0.717, 1.165) is 32.2 Å². The average Bonchev–Trinajstić information content (AvgIpc) is 3.03. The van der Waals surface area contributed by atoms with Crippen molar-refractivity contribution in [3.8, 4) is 0 Å². The Morgan fingerprint density at radius 1 is 1.08 bits per heavy atom. The van der Waals surface area contributed by atoms with E-state index in [-0.39, 0.29) is 12.0 Å². The number of hydrogen-bond donors (Lipinski definition) is 1. The van der Waals surface area contributed by atoms with Crippen LogP contribution in [0.3, 0.4) is 0 Å². The molecule has 0 radical (unpaired) electrons. The summed E-state index contributed by atoms with van der Waals surface area (Å²) in [6, 6.07) is 9.19. The first-order chi connectivity index (χ1) is 11.6. The maximum atomic E-state index is 13.3. The maximum absolute atomic E-state index is 13.3. The van der Waals surface area contributed by atoms with Crippen molar-refractivity contribution < 1.29 is 4.79 Å². The van der Waals surface area contributed by atoms with Gasteiger partial charge in [-0.2, -0.15) is 0 Å². The number of nitrogens with two attached hydrogens (primary N) is 1. The summed E-state index contributed by atoms with van der Waals surface area (Å²) in [6.45, 7) is 3.09. The summed E-state index contributed by atoms with van der Waals surface area (Å²) in [6.07, 6.45) is 8.03. The highest BCUT2D eigenvalue weighted by Gasteiger charge is 2.43. The number of fused-ring (bicyclic) bond motifs is 2. The lowest BCUT2D eigenvalue weighted by atomic mass is 9.65. The molecule has 1 amide bonds. The lowest BCUT2D eigenvalue weighted by Crippen LogP contribution is -2.49. The van der Waals surface area contributed by atoms with Crippen LogP contribution in [0.2, 0.25) is 0 Å². The third kappa shape index (κ3) is 2.77. The second kappa shape index (κ2) is 6.51. The van der Waals surface area contributed by atoms with Gasteiger partial charge in [-0.1, -0.05) is 30.7 Å². The molecule has 0 spiro atoms. The molecule has 1 aliphatic heterocycles. The number of carbonyl (C=O) groups excluding carboxylic acids is 1. The molecule has 1 saturated heterocycles. The zero-order chi connectivity index (χ0) is 16.7. The van der Waals surface area contributed by atoms with Gasteiger partial charge in [0.2, 0.25) is 5.91 Å². The maximum Gasteiger partial charge on any atom is 0.226 e. The van der Waals surface area contributed by atoms with Crippen molar-refractivity contribution in [3.05, 3.63) is 35.4 Å². The number of carbonyl (C=O) groups is 1. The van der Waals surface area contributed by atoms with Gasteiger partial charge in [0.15, 0.2) is 0 Å². The fourth-order valence-corrected chi connectivity index (χ4v) is 5.54. The van der Waals surface area contributed by atoms with Crippen molar-refractivity contribution in [1.29, 1.82) is 0 Å².